The van der Waals surface area contributed by atoms with Crippen molar-refractivity contribution >= 4 is 17.6 Å². The minimum atomic E-state index is 0.341. The highest BCUT2D eigenvalue weighted by atomic mass is 32.2. The molecule has 0 unspecified atom stereocenters. The molecule has 3 aromatic heterocycles. The fourth-order valence-corrected chi connectivity index (χ4v) is 3.01. The van der Waals surface area contributed by atoms with E-state index in [1.165, 1.54) is 11.8 Å². The minimum absolute atomic E-state index is 0.341. The molecule has 6 nitrogen and oxygen atoms in total. The van der Waals surface area contributed by atoms with E-state index in [2.05, 4.69) is 15.1 Å². The van der Waals surface area contributed by atoms with Gasteiger partial charge in [-0.3, -0.25) is 4.68 Å². The zero-order chi connectivity index (χ0) is 16.4. The van der Waals surface area contributed by atoms with Crippen LogP contribution in [0.1, 0.15) is 11.4 Å². The van der Waals surface area contributed by atoms with Crippen LogP contribution in [0.5, 0.6) is 11.5 Å². The van der Waals surface area contributed by atoms with Gasteiger partial charge in [-0.25, -0.2) is 9.97 Å². The minimum Gasteiger partial charge on any atom is -0.448 e. The molecule has 0 atom stereocenters. The Morgan fingerprint density at radius 2 is 1.91 bits per heavy atom. The average Bonchev–Trinajstić information content (AvgIpc) is 2.77. The van der Waals surface area contributed by atoms with Crippen molar-refractivity contribution in [3.63, 3.8) is 0 Å². The highest BCUT2D eigenvalue weighted by Gasteiger charge is 2.17. The normalized spacial score (nSPS) is 10.7. The van der Waals surface area contributed by atoms with Crippen LogP contribution in [0.15, 0.2) is 46.6 Å². The number of nitrogens with zero attached hydrogens (tertiary/aromatic N) is 4. The molecule has 0 spiro atoms. The summed E-state index contributed by atoms with van der Waals surface area (Å²) in [6.07, 6.45) is 3.42. The maximum Gasteiger partial charge on any atom is 0.183 e. The Labute approximate surface area is 138 Å². The lowest BCUT2D eigenvalue weighted by atomic mass is 10.3. The number of anilines is 1. The molecule has 0 saturated heterocycles. The van der Waals surface area contributed by atoms with E-state index in [0.717, 1.165) is 21.3 Å². The molecule has 0 fully saturated rings. The number of nitrogens with two attached hydrogens (primary N) is 1. The van der Waals surface area contributed by atoms with Gasteiger partial charge in [0.05, 0.1) is 10.6 Å². The van der Waals surface area contributed by atoms with Gasteiger partial charge in [-0.15, -0.1) is 0 Å². The molecule has 2 N–H and O–H groups in total. The predicted octanol–water partition coefficient (Wildman–Crippen LogP) is 3.35. The number of pyridine rings is 2. The average molecular weight is 327 g/mol. The maximum absolute atomic E-state index is 6.08. The van der Waals surface area contributed by atoms with E-state index in [9.17, 15) is 0 Å². The largest absolute Gasteiger partial charge is 0.448 e. The van der Waals surface area contributed by atoms with Crippen molar-refractivity contribution < 1.29 is 4.74 Å². The monoisotopic (exact) mass is 327 g/mol. The topological polar surface area (TPSA) is 78.8 Å². The van der Waals surface area contributed by atoms with E-state index < -0.39 is 0 Å². The van der Waals surface area contributed by atoms with E-state index >= 15 is 0 Å². The van der Waals surface area contributed by atoms with Crippen molar-refractivity contribution in [1.82, 2.24) is 19.7 Å². The Hall–Kier alpha value is -2.54. The van der Waals surface area contributed by atoms with Crippen molar-refractivity contribution in [2.24, 2.45) is 7.05 Å². The van der Waals surface area contributed by atoms with Gasteiger partial charge >= 0.3 is 0 Å². The second kappa shape index (κ2) is 6.29. The molecule has 0 aliphatic rings. The van der Waals surface area contributed by atoms with Gasteiger partial charge in [-0.05, 0) is 32.0 Å². The van der Waals surface area contributed by atoms with Gasteiger partial charge in [0.1, 0.15) is 10.7 Å². The van der Waals surface area contributed by atoms with E-state index in [4.69, 9.17) is 10.5 Å². The third-order valence-electron chi connectivity index (χ3n) is 3.39. The standard InChI is InChI=1S/C16H17N5OS/c1-10-14(11(2)21(3)20-10)22-15-12(7-9-19-16(15)17)23-13-6-4-5-8-18-13/h4-9H,1-3H3,(H2,17,19). The molecule has 3 rings (SSSR count). The molecule has 7 heteroatoms. The van der Waals surface area contributed by atoms with Crippen LogP contribution in [0.4, 0.5) is 5.82 Å². The summed E-state index contributed by atoms with van der Waals surface area (Å²) < 4.78 is 7.86. The van der Waals surface area contributed by atoms with E-state index in [1.807, 2.05) is 45.2 Å². The van der Waals surface area contributed by atoms with Gasteiger partial charge in [0.2, 0.25) is 0 Å². The zero-order valence-electron chi connectivity index (χ0n) is 13.1. The number of aryl methyl sites for hydroxylation is 2. The number of rotatable bonds is 4. The Bertz CT molecular complexity index is 832. The molecule has 0 aliphatic carbocycles. The Morgan fingerprint density at radius 3 is 2.57 bits per heavy atom. The predicted molar refractivity (Wildman–Crippen MR) is 89.8 cm³/mol. The molecule has 0 amide bonds. The fraction of sp³-hybridized carbons (Fsp3) is 0.188. The smallest absolute Gasteiger partial charge is 0.183 e. The van der Waals surface area contributed by atoms with Crippen molar-refractivity contribution in [2.45, 2.75) is 23.8 Å². The third-order valence-corrected chi connectivity index (χ3v) is 4.39. The van der Waals surface area contributed by atoms with Crippen LogP contribution in [-0.4, -0.2) is 19.7 Å². The first-order chi connectivity index (χ1) is 11.1. The summed E-state index contributed by atoms with van der Waals surface area (Å²) in [6.45, 7) is 3.86. The van der Waals surface area contributed by atoms with E-state index in [-0.39, 0.29) is 0 Å². The number of hydrogen-bond donors (Lipinski definition) is 1. The van der Waals surface area contributed by atoms with Crippen molar-refractivity contribution in [1.29, 1.82) is 0 Å². The number of nitrogen functional groups attached to an aromatic ring is 1. The summed E-state index contributed by atoms with van der Waals surface area (Å²) in [7, 11) is 1.88. The summed E-state index contributed by atoms with van der Waals surface area (Å²) in [5.74, 6) is 1.58. The summed E-state index contributed by atoms with van der Waals surface area (Å²) in [5, 5.41) is 5.22. The molecular weight excluding hydrogens is 310 g/mol. The van der Waals surface area contributed by atoms with Crippen LogP contribution in [0.3, 0.4) is 0 Å². The highest BCUT2D eigenvalue weighted by molar-refractivity contribution is 7.99. The second-order valence-electron chi connectivity index (χ2n) is 5.02. The van der Waals surface area contributed by atoms with Crippen molar-refractivity contribution in [3.05, 3.63) is 48.0 Å². The van der Waals surface area contributed by atoms with Gasteiger partial charge < -0.3 is 10.5 Å². The second-order valence-corrected chi connectivity index (χ2v) is 6.08. The maximum atomic E-state index is 6.08. The molecule has 3 heterocycles. The van der Waals surface area contributed by atoms with Gasteiger partial charge in [-0.2, -0.15) is 5.10 Å². The molecule has 23 heavy (non-hydrogen) atoms. The molecule has 0 radical (unpaired) electrons. The fourth-order valence-electron chi connectivity index (χ4n) is 2.15. The van der Waals surface area contributed by atoms with Crippen molar-refractivity contribution in [3.8, 4) is 11.5 Å². The number of aromatic nitrogens is 4. The quantitative estimate of drug-likeness (QED) is 0.791. The van der Waals surface area contributed by atoms with E-state index in [0.29, 0.717) is 17.3 Å². The van der Waals surface area contributed by atoms with Gasteiger partial charge in [0, 0.05) is 19.4 Å². The van der Waals surface area contributed by atoms with Crippen molar-refractivity contribution in [2.75, 3.05) is 5.73 Å². The Kier molecular flexibility index (Phi) is 4.20. The van der Waals surface area contributed by atoms with Crippen LogP contribution < -0.4 is 10.5 Å². The lowest BCUT2D eigenvalue weighted by Crippen LogP contribution is -1.98. The molecule has 0 aliphatic heterocycles. The number of ether oxygens (including phenoxy) is 1. The third kappa shape index (κ3) is 3.14. The molecule has 118 valence electrons. The van der Waals surface area contributed by atoms with Gasteiger partial charge in [0.25, 0.3) is 0 Å². The highest BCUT2D eigenvalue weighted by Crippen LogP contribution is 2.40. The SMILES string of the molecule is Cc1nn(C)c(C)c1Oc1c(Sc2ccccn2)ccnc1N. The van der Waals surface area contributed by atoms with Gasteiger partial charge in [-0.1, -0.05) is 17.8 Å². The first kappa shape index (κ1) is 15.4. The van der Waals surface area contributed by atoms with E-state index in [1.54, 1.807) is 17.1 Å². The van der Waals surface area contributed by atoms with Crippen LogP contribution in [0.25, 0.3) is 0 Å². The first-order valence-corrected chi connectivity index (χ1v) is 7.89. The summed E-state index contributed by atoms with van der Waals surface area (Å²) in [6, 6.07) is 7.62. The van der Waals surface area contributed by atoms with Crippen LogP contribution in [-0.2, 0) is 7.05 Å². The molecule has 0 saturated carbocycles. The Balaban J connectivity index is 1.98. The molecule has 3 aromatic rings. The lowest BCUT2D eigenvalue weighted by Gasteiger charge is -2.12. The lowest BCUT2D eigenvalue weighted by molar-refractivity contribution is 0.463. The Morgan fingerprint density at radius 1 is 1.09 bits per heavy atom. The molecule has 0 bridgehead atoms. The molecule has 0 aromatic carbocycles. The van der Waals surface area contributed by atoms with Gasteiger partial charge in [0.15, 0.2) is 17.3 Å². The summed E-state index contributed by atoms with van der Waals surface area (Å²) >= 11 is 1.48. The van der Waals surface area contributed by atoms with Crippen LogP contribution in [0.2, 0.25) is 0 Å². The van der Waals surface area contributed by atoms with Crippen LogP contribution in [0, 0.1) is 13.8 Å². The first-order valence-electron chi connectivity index (χ1n) is 7.07. The summed E-state index contributed by atoms with van der Waals surface area (Å²) in [5.41, 5.74) is 7.77. The van der Waals surface area contributed by atoms with Crippen LogP contribution >= 0.6 is 11.8 Å². The summed E-state index contributed by atoms with van der Waals surface area (Å²) in [4.78, 5) is 9.32. The number of hydrogen-bond acceptors (Lipinski definition) is 6. The molecular formula is C16H17N5OS. The zero-order valence-corrected chi connectivity index (χ0v) is 14.0.